The zero-order valence-electron chi connectivity index (χ0n) is 11.7. The van der Waals surface area contributed by atoms with Gasteiger partial charge in [0, 0.05) is 31.6 Å². The van der Waals surface area contributed by atoms with Crippen molar-refractivity contribution < 1.29 is 19.4 Å². The maximum Gasteiger partial charge on any atom is 0.220 e. The van der Waals surface area contributed by atoms with E-state index < -0.39 is 0 Å². The first-order valence-corrected chi connectivity index (χ1v) is 6.81. The van der Waals surface area contributed by atoms with Gasteiger partial charge in [0.15, 0.2) is 5.78 Å². The molecular weight excluding hydrogens is 258 g/mol. The van der Waals surface area contributed by atoms with Gasteiger partial charge in [-0.2, -0.15) is 0 Å². The summed E-state index contributed by atoms with van der Waals surface area (Å²) in [6.45, 7) is 2.97. The first-order valence-electron chi connectivity index (χ1n) is 6.81. The smallest absolute Gasteiger partial charge is 0.220 e. The van der Waals surface area contributed by atoms with Crippen LogP contribution in [0.1, 0.15) is 36.5 Å². The SMILES string of the molecule is CCOc1ccc(C(=O)CCC(=O)NCCCO)cc1. The molecule has 5 nitrogen and oxygen atoms in total. The van der Waals surface area contributed by atoms with Gasteiger partial charge in [0.05, 0.1) is 6.61 Å². The molecule has 0 aliphatic carbocycles. The Balaban J connectivity index is 2.36. The number of aliphatic hydroxyl groups is 1. The van der Waals surface area contributed by atoms with Crippen molar-refractivity contribution in [3.8, 4) is 5.75 Å². The quantitative estimate of drug-likeness (QED) is 0.531. The lowest BCUT2D eigenvalue weighted by molar-refractivity contribution is -0.121. The van der Waals surface area contributed by atoms with E-state index in [1.54, 1.807) is 24.3 Å². The molecule has 0 aliphatic rings. The number of rotatable bonds is 9. The van der Waals surface area contributed by atoms with Crippen LogP contribution in [0, 0.1) is 0 Å². The molecule has 0 radical (unpaired) electrons. The van der Waals surface area contributed by atoms with Gasteiger partial charge in [-0.1, -0.05) is 0 Å². The molecule has 0 heterocycles. The molecule has 0 fully saturated rings. The minimum Gasteiger partial charge on any atom is -0.494 e. The Morgan fingerprint density at radius 3 is 2.50 bits per heavy atom. The molecule has 110 valence electrons. The monoisotopic (exact) mass is 279 g/mol. The Labute approximate surface area is 118 Å². The number of ether oxygens (including phenoxy) is 1. The molecule has 1 aromatic rings. The van der Waals surface area contributed by atoms with Crippen molar-refractivity contribution in [1.29, 1.82) is 0 Å². The molecule has 0 unspecified atom stereocenters. The van der Waals surface area contributed by atoms with Crippen LogP contribution in [0.15, 0.2) is 24.3 Å². The normalized spacial score (nSPS) is 10.1. The van der Waals surface area contributed by atoms with E-state index in [-0.39, 0.29) is 31.1 Å². The highest BCUT2D eigenvalue weighted by molar-refractivity contribution is 5.98. The zero-order chi connectivity index (χ0) is 14.8. The number of amides is 1. The highest BCUT2D eigenvalue weighted by atomic mass is 16.5. The molecule has 1 amide bonds. The zero-order valence-corrected chi connectivity index (χ0v) is 11.7. The second-order valence-corrected chi connectivity index (χ2v) is 4.31. The Morgan fingerprint density at radius 2 is 1.90 bits per heavy atom. The van der Waals surface area contributed by atoms with Crippen LogP contribution >= 0.6 is 0 Å². The van der Waals surface area contributed by atoms with Gasteiger partial charge in [-0.05, 0) is 37.6 Å². The third kappa shape index (κ3) is 5.84. The van der Waals surface area contributed by atoms with Crippen molar-refractivity contribution >= 4 is 11.7 Å². The number of carbonyl (C=O) groups is 2. The van der Waals surface area contributed by atoms with E-state index in [1.165, 1.54) is 0 Å². The molecule has 1 aromatic carbocycles. The predicted molar refractivity (Wildman–Crippen MR) is 75.9 cm³/mol. The average Bonchev–Trinajstić information content (AvgIpc) is 2.46. The van der Waals surface area contributed by atoms with Crippen LogP contribution in [0.25, 0.3) is 0 Å². The number of ketones is 1. The Kier molecular flexibility index (Phi) is 7.35. The number of aliphatic hydroxyl groups excluding tert-OH is 1. The molecule has 0 spiro atoms. The van der Waals surface area contributed by atoms with Crippen LogP contribution in [0.5, 0.6) is 5.75 Å². The third-order valence-electron chi connectivity index (χ3n) is 2.72. The summed E-state index contributed by atoms with van der Waals surface area (Å²) in [5.41, 5.74) is 0.580. The molecule has 0 aliphatic heterocycles. The van der Waals surface area contributed by atoms with E-state index in [0.717, 1.165) is 5.75 Å². The maximum atomic E-state index is 11.9. The van der Waals surface area contributed by atoms with Crippen molar-refractivity contribution in [3.05, 3.63) is 29.8 Å². The van der Waals surface area contributed by atoms with Gasteiger partial charge in [0.1, 0.15) is 5.75 Å². The maximum absolute atomic E-state index is 11.9. The fourth-order valence-corrected chi connectivity index (χ4v) is 1.67. The standard InChI is InChI=1S/C15H21NO4/c1-2-20-13-6-4-12(5-7-13)14(18)8-9-15(19)16-10-3-11-17/h4-7,17H,2-3,8-11H2,1H3,(H,16,19). The highest BCUT2D eigenvalue weighted by Gasteiger charge is 2.09. The molecule has 0 aromatic heterocycles. The first-order chi connectivity index (χ1) is 9.67. The van der Waals surface area contributed by atoms with Gasteiger partial charge in [0.25, 0.3) is 0 Å². The van der Waals surface area contributed by atoms with E-state index in [9.17, 15) is 9.59 Å². The van der Waals surface area contributed by atoms with E-state index in [0.29, 0.717) is 25.1 Å². The molecule has 0 saturated carbocycles. The molecule has 20 heavy (non-hydrogen) atoms. The summed E-state index contributed by atoms with van der Waals surface area (Å²) in [5, 5.41) is 11.2. The number of Topliss-reactive ketones (excluding diaryl/α,β-unsaturated/α-hetero) is 1. The van der Waals surface area contributed by atoms with E-state index in [2.05, 4.69) is 5.32 Å². The van der Waals surface area contributed by atoms with Crippen molar-refractivity contribution in [2.75, 3.05) is 19.8 Å². The summed E-state index contributed by atoms with van der Waals surface area (Å²) >= 11 is 0. The Morgan fingerprint density at radius 1 is 1.20 bits per heavy atom. The summed E-state index contributed by atoms with van der Waals surface area (Å²) in [5.74, 6) is 0.494. The van der Waals surface area contributed by atoms with Crippen LogP contribution in [-0.4, -0.2) is 36.6 Å². The average molecular weight is 279 g/mol. The van der Waals surface area contributed by atoms with Crippen molar-refractivity contribution in [2.24, 2.45) is 0 Å². The second-order valence-electron chi connectivity index (χ2n) is 4.31. The fraction of sp³-hybridized carbons (Fsp3) is 0.467. The molecule has 2 N–H and O–H groups in total. The Bertz CT molecular complexity index is 428. The molecule has 0 saturated heterocycles. The number of carbonyl (C=O) groups excluding carboxylic acids is 2. The topological polar surface area (TPSA) is 75.6 Å². The number of benzene rings is 1. The van der Waals surface area contributed by atoms with Gasteiger partial charge < -0.3 is 15.2 Å². The van der Waals surface area contributed by atoms with E-state index >= 15 is 0 Å². The van der Waals surface area contributed by atoms with E-state index in [1.807, 2.05) is 6.92 Å². The number of hydrogen-bond donors (Lipinski definition) is 2. The van der Waals surface area contributed by atoms with Gasteiger partial charge >= 0.3 is 0 Å². The predicted octanol–water partition coefficient (Wildman–Crippen LogP) is 1.55. The van der Waals surface area contributed by atoms with Crippen LogP contribution in [0.2, 0.25) is 0 Å². The number of hydrogen-bond acceptors (Lipinski definition) is 4. The van der Waals surface area contributed by atoms with Crippen molar-refractivity contribution in [2.45, 2.75) is 26.2 Å². The summed E-state index contributed by atoms with van der Waals surface area (Å²) in [6, 6.07) is 6.91. The van der Waals surface area contributed by atoms with Gasteiger partial charge in [0.2, 0.25) is 5.91 Å². The molecule has 0 atom stereocenters. The van der Waals surface area contributed by atoms with Gasteiger partial charge in [-0.3, -0.25) is 9.59 Å². The minimum atomic E-state index is -0.169. The number of nitrogens with one attached hydrogen (secondary N) is 1. The highest BCUT2D eigenvalue weighted by Crippen LogP contribution is 2.13. The Hall–Kier alpha value is -1.88. The molecule has 0 bridgehead atoms. The lowest BCUT2D eigenvalue weighted by Gasteiger charge is -2.05. The van der Waals surface area contributed by atoms with Crippen LogP contribution in [-0.2, 0) is 4.79 Å². The van der Waals surface area contributed by atoms with E-state index in [4.69, 9.17) is 9.84 Å². The molecular formula is C15H21NO4. The van der Waals surface area contributed by atoms with Crippen molar-refractivity contribution in [1.82, 2.24) is 5.32 Å². The summed E-state index contributed by atoms with van der Waals surface area (Å²) < 4.78 is 5.30. The first kappa shape index (κ1) is 16.2. The molecule has 1 rings (SSSR count). The third-order valence-corrected chi connectivity index (χ3v) is 2.72. The summed E-state index contributed by atoms with van der Waals surface area (Å²) in [6.07, 6.45) is 0.870. The van der Waals surface area contributed by atoms with Gasteiger partial charge in [-0.25, -0.2) is 0 Å². The summed E-state index contributed by atoms with van der Waals surface area (Å²) in [7, 11) is 0. The van der Waals surface area contributed by atoms with Crippen LogP contribution < -0.4 is 10.1 Å². The van der Waals surface area contributed by atoms with Gasteiger partial charge in [-0.15, -0.1) is 0 Å². The fourth-order valence-electron chi connectivity index (χ4n) is 1.67. The lowest BCUT2D eigenvalue weighted by atomic mass is 10.1. The second kappa shape index (κ2) is 9.09. The van der Waals surface area contributed by atoms with Crippen molar-refractivity contribution in [3.63, 3.8) is 0 Å². The molecule has 5 heteroatoms. The van der Waals surface area contributed by atoms with Crippen LogP contribution in [0.3, 0.4) is 0 Å². The lowest BCUT2D eigenvalue weighted by Crippen LogP contribution is -2.25. The largest absolute Gasteiger partial charge is 0.494 e. The van der Waals surface area contributed by atoms with Crippen LogP contribution in [0.4, 0.5) is 0 Å². The summed E-state index contributed by atoms with van der Waals surface area (Å²) in [4.78, 5) is 23.3. The minimum absolute atomic E-state index is 0.0470.